The first-order valence-corrected chi connectivity index (χ1v) is 6.51. The highest BCUT2D eigenvalue weighted by atomic mass is 16.3. The quantitative estimate of drug-likeness (QED) is 0.828. The van der Waals surface area contributed by atoms with Gasteiger partial charge in [0.1, 0.15) is 11.5 Å². The van der Waals surface area contributed by atoms with E-state index in [0.29, 0.717) is 18.5 Å². The van der Waals surface area contributed by atoms with Crippen molar-refractivity contribution in [1.82, 2.24) is 4.90 Å². The molecule has 98 valence electrons. The van der Waals surface area contributed by atoms with Crippen molar-refractivity contribution in [3.63, 3.8) is 0 Å². The minimum atomic E-state index is 0.174. The molecule has 0 saturated carbocycles. The molecule has 3 heteroatoms. The molecule has 2 N–H and O–H groups in total. The van der Waals surface area contributed by atoms with Crippen LogP contribution in [0.5, 0.6) is 0 Å². The second-order valence-corrected chi connectivity index (χ2v) is 5.06. The Morgan fingerprint density at radius 3 is 2.35 bits per heavy atom. The van der Waals surface area contributed by atoms with Crippen LogP contribution in [0.4, 0.5) is 0 Å². The van der Waals surface area contributed by atoms with Gasteiger partial charge in [-0.15, -0.1) is 0 Å². The van der Waals surface area contributed by atoms with Crippen molar-refractivity contribution in [2.45, 2.75) is 46.2 Å². The van der Waals surface area contributed by atoms with E-state index in [-0.39, 0.29) is 6.04 Å². The van der Waals surface area contributed by atoms with Crippen molar-refractivity contribution in [1.29, 1.82) is 0 Å². The maximum atomic E-state index is 5.89. The van der Waals surface area contributed by atoms with Crippen LogP contribution in [-0.2, 0) is 6.42 Å². The van der Waals surface area contributed by atoms with E-state index in [1.807, 2.05) is 6.07 Å². The third kappa shape index (κ3) is 3.33. The highest BCUT2D eigenvalue weighted by Gasteiger charge is 2.24. The highest BCUT2D eigenvalue weighted by Crippen LogP contribution is 2.25. The Balaban J connectivity index is 2.83. The number of nitrogens with zero attached hydrogens (tertiary/aromatic N) is 1. The van der Waals surface area contributed by atoms with Crippen molar-refractivity contribution < 1.29 is 4.42 Å². The van der Waals surface area contributed by atoms with Gasteiger partial charge >= 0.3 is 0 Å². The van der Waals surface area contributed by atoms with Crippen LogP contribution in [-0.4, -0.2) is 24.5 Å². The number of likely N-dealkylation sites (N-methyl/N-ethyl adjacent to an activating group) is 1. The molecule has 3 nitrogen and oxygen atoms in total. The van der Waals surface area contributed by atoms with E-state index in [9.17, 15) is 0 Å². The molecule has 0 aliphatic heterocycles. The lowest BCUT2D eigenvalue weighted by atomic mass is 10.0. The molecule has 0 fully saturated rings. The predicted molar refractivity (Wildman–Crippen MR) is 71.9 cm³/mol. The summed E-state index contributed by atoms with van der Waals surface area (Å²) in [5.41, 5.74) is 5.89. The molecule has 0 aliphatic carbocycles. The zero-order valence-electron chi connectivity index (χ0n) is 11.7. The lowest BCUT2D eigenvalue weighted by Crippen LogP contribution is -2.39. The Bertz CT molecular complexity index is 333. The van der Waals surface area contributed by atoms with Crippen LogP contribution in [0.2, 0.25) is 0 Å². The first-order valence-electron chi connectivity index (χ1n) is 6.51. The fraction of sp³-hybridized carbons (Fsp3) is 0.714. The van der Waals surface area contributed by atoms with E-state index in [2.05, 4.69) is 45.7 Å². The van der Waals surface area contributed by atoms with Crippen LogP contribution in [0, 0.1) is 5.92 Å². The van der Waals surface area contributed by atoms with Gasteiger partial charge in [0.2, 0.25) is 0 Å². The summed E-state index contributed by atoms with van der Waals surface area (Å²) in [6.07, 6.45) is 0.931. The Morgan fingerprint density at radius 1 is 1.29 bits per heavy atom. The molecule has 1 heterocycles. The summed E-state index contributed by atoms with van der Waals surface area (Å²) in [7, 11) is 2.12. The average molecular weight is 238 g/mol. The molecule has 0 bridgehead atoms. The summed E-state index contributed by atoms with van der Waals surface area (Å²) in [6.45, 7) is 9.38. The average Bonchev–Trinajstić information content (AvgIpc) is 2.77. The fourth-order valence-electron chi connectivity index (χ4n) is 2.00. The Hall–Kier alpha value is -0.800. The molecular formula is C14H26N2O. The zero-order chi connectivity index (χ0) is 13.0. The number of aryl methyl sites for hydroxylation is 1. The van der Waals surface area contributed by atoms with Gasteiger partial charge in [0.05, 0.1) is 6.04 Å². The SMILES string of the molecule is CCc1ccc(C(CN)N(C)C(C)C(C)C)o1. The molecule has 2 unspecified atom stereocenters. The number of hydrogen-bond donors (Lipinski definition) is 1. The van der Waals surface area contributed by atoms with Crippen LogP contribution in [0.3, 0.4) is 0 Å². The van der Waals surface area contributed by atoms with E-state index in [4.69, 9.17) is 10.2 Å². The van der Waals surface area contributed by atoms with E-state index >= 15 is 0 Å². The predicted octanol–water partition coefficient (Wildman–Crippen LogP) is 2.82. The van der Waals surface area contributed by atoms with Crippen LogP contribution in [0.1, 0.15) is 45.3 Å². The summed E-state index contributed by atoms with van der Waals surface area (Å²) in [6, 6.07) is 4.76. The van der Waals surface area contributed by atoms with Crippen molar-refractivity contribution in [3.8, 4) is 0 Å². The summed E-state index contributed by atoms with van der Waals surface area (Å²) < 4.78 is 5.82. The number of hydrogen-bond acceptors (Lipinski definition) is 3. The van der Waals surface area contributed by atoms with Gasteiger partial charge in [0.25, 0.3) is 0 Å². The van der Waals surface area contributed by atoms with Gasteiger partial charge in [-0.1, -0.05) is 20.8 Å². The zero-order valence-corrected chi connectivity index (χ0v) is 11.7. The molecule has 0 aromatic carbocycles. The lowest BCUT2D eigenvalue weighted by Gasteiger charge is -2.33. The number of nitrogens with two attached hydrogens (primary N) is 1. The van der Waals surface area contributed by atoms with Crippen molar-refractivity contribution >= 4 is 0 Å². The van der Waals surface area contributed by atoms with Gasteiger partial charge in [-0.25, -0.2) is 0 Å². The van der Waals surface area contributed by atoms with E-state index in [0.717, 1.165) is 17.9 Å². The standard InChI is InChI=1S/C14H26N2O/c1-6-12-7-8-14(17-12)13(9-15)16(5)11(4)10(2)3/h7-8,10-11,13H,6,9,15H2,1-5H3. The highest BCUT2D eigenvalue weighted by molar-refractivity contribution is 5.11. The van der Waals surface area contributed by atoms with Crippen molar-refractivity contribution in [3.05, 3.63) is 23.7 Å². The summed E-state index contributed by atoms with van der Waals surface area (Å²) >= 11 is 0. The van der Waals surface area contributed by atoms with E-state index in [1.165, 1.54) is 0 Å². The third-order valence-corrected chi connectivity index (χ3v) is 3.68. The van der Waals surface area contributed by atoms with Gasteiger partial charge in [-0.2, -0.15) is 0 Å². The molecule has 1 rings (SSSR count). The first kappa shape index (κ1) is 14.3. The minimum Gasteiger partial charge on any atom is -0.464 e. The molecule has 0 aliphatic rings. The Morgan fingerprint density at radius 2 is 1.94 bits per heavy atom. The normalized spacial score (nSPS) is 15.5. The smallest absolute Gasteiger partial charge is 0.122 e. The molecule has 0 saturated heterocycles. The summed E-state index contributed by atoms with van der Waals surface area (Å²) in [5.74, 6) is 2.62. The molecule has 1 aromatic heterocycles. The minimum absolute atomic E-state index is 0.174. The van der Waals surface area contributed by atoms with Gasteiger partial charge in [0, 0.05) is 19.0 Å². The van der Waals surface area contributed by atoms with Gasteiger partial charge < -0.3 is 10.2 Å². The molecule has 0 radical (unpaired) electrons. The second kappa shape index (κ2) is 6.22. The number of furan rings is 1. The molecule has 2 atom stereocenters. The summed E-state index contributed by atoms with van der Waals surface area (Å²) in [4.78, 5) is 2.31. The molecule has 0 amide bonds. The number of rotatable bonds is 6. The Labute approximate surface area is 105 Å². The van der Waals surface area contributed by atoms with Gasteiger partial charge in [0.15, 0.2) is 0 Å². The topological polar surface area (TPSA) is 42.4 Å². The fourth-order valence-corrected chi connectivity index (χ4v) is 2.00. The van der Waals surface area contributed by atoms with Crippen molar-refractivity contribution in [2.24, 2.45) is 11.7 Å². The molecule has 17 heavy (non-hydrogen) atoms. The van der Waals surface area contributed by atoms with Crippen molar-refractivity contribution in [2.75, 3.05) is 13.6 Å². The van der Waals surface area contributed by atoms with Crippen LogP contribution < -0.4 is 5.73 Å². The molecule has 1 aromatic rings. The van der Waals surface area contributed by atoms with Crippen LogP contribution >= 0.6 is 0 Å². The van der Waals surface area contributed by atoms with Gasteiger partial charge in [-0.05, 0) is 32.0 Å². The Kier molecular flexibility index (Phi) is 5.22. The van der Waals surface area contributed by atoms with E-state index in [1.54, 1.807) is 0 Å². The molecular weight excluding hydrogens is 212 g/mol. The largest absolute Gasteiger partial charge is 0.464 e. The second-order valence-electron chi connectivity index (χ2n) is 5.06. The lowest BCUT2D eigenvalue weighted by molar-refractivity contribution is 0.135. The summed E-state index contributed by atoms with van der Waals surface area (Å²) in [5, 5.41) is 0. The monoisotopic (exact) mass is 238 g/mol. The van der Waals surface area contributed by atoms with Crippen LogP contribution in [0.15, 0.2) is 16.5 Å². The molecule has 0 spiro atoms. The van der Waals surface area contributed by atoms with E-state index < -0.39 is 0 Å². The first-order chi connectivity index (χ1) is 8.01. The van der Waals surface area contributed by atoms with Crippen LogP contribution in [0.25, 0.3) is 0 Å². The van der Waals surface area contributed by atoms with Gasteiger partial charge in [-0.3, -0.25) is 4.90 Å². The maximum Gasteiger partial charge on any atom is 0.122 e. The maximum absolute atomic E-state index is 5.89. The third-order valence-electron chi connectivity index (χ3n) is 3.68.